The van der Waals surface area contributed by atoms with Crippen LogP contribution in [0.15, 0.2) is 29.8 Å². The molecule has 1 heterocycles. The fourth-order valence-electron chi connectivity index (χ4n) is 1.41. The summed E-state index contributed by atoms with van der Waals surface area (Å²) in [7, 11) is 0. The van der Waals surface area contributed by atoms with Gasteiger partial charge in [0.2, 0.25) is 0 Å². The predicted octanol–water partition coefficient (Wildman–Crippen LogP) is 2.97. The van der Waals surface area contributed by atoms with Gasteiger partial charge in [-0.2, -0.15) is 0 Å². The topological polar surface area (TPSA) is 68.1 Å². The Morgan fingerprint density at radius 1 is 1.53 bits per heavy atom. The van der Waals surface area contributed by atoms with Crippen LogP contribution in [0.4, 0.5) is 11.4 Å². The molecule has 1 N–H and O–H groups in total. The van der Waals surface area contributed by atoms with E-state index in [1.807, 2.05) is 13.0 Å². The highest BCUT2D eigenvalue weighted by Gasteiger charge is 2.06. The quantitative estimate of drug-likeness (QED) is 0.668. The fourth-order valence-corrected chi connectivity index (χ4v) is 2.12. The number of non-ortho nitro benzene ring substituents is 1. The minimum atomic E-state index is -0.400. The molecule has 5 nitrogen and oxygen atoms in total. The Balaban J connectivity index is 2.07. The van der Waals surface area contributed by atoms with Crippen molar-refractivity contribution in [1.82, 2.24) is 4.98 Å². The third-order valence-corrected chi connectivity index (χ3v) is 3.29. The molecule has 0 saturated heterocycles. The van der Waals surface area contributed by atoms with Crippen LogP contribution in [0.1, 0.15) is 10.6 Å². The molecule has 0 amide bonds. The smallest absolute Gasteiger partial charge is 0.271 e. The summed E-state index contributed by atoms with van der Waals surface area (Å²) in [6.45, 7) is 2.58. The molecule has 1 aromatic carbocycles. The molecule has 17 heavy (non-hydrogen) atoms. The van der Waals surface area contributed by atoms with Crippen LogP contribution in [-0.2, 0) is 6.54 Å². The van der Waals surface area contributed by atoms with Gasteiger partial charge < -0.3 is 5.32 Å². The van der Waals surface area contributed by atoms with E-state index in [1.165, 1.54) is 12.1 Å². The lowest BCUT2D eigenvalue weighted by Crippen LogP contribution is -1.99. The standard InChI is InChI=1S/C11H11N3O2S/c1-8-11(17-7-13-8)6-12-9-3-2-4-10(5-9)14(15)16/h2-5,7,12H,6H2,1H3. The van der Waals surface area contributed by atoms with Gasteiger partial charge in [-0.05, 0) is 13.0 Å². The van der Waals surface area contributed by atoms with Crippen molar-refractivity contribution in [3.63, 3.8) is 0 Å². The van der Waals surface area contributed by atoms with Gasteiger partial charge in [-0.3, -0.25) is 10.1 Å². The minimum absolute atomic E-state index is 0.0935. The van der Waals surface area contributed by atoms with E-state index in [9.17, 15) is 10.1 Å². The highest BCUT2D eigenvalue weighted by atomic mass is 32.1. The maximum atomic E-state index is 10.6. The van der Waals surface area contributed by atoms with Gasteiger partial charge in [0.1, 0.15) is 0 Å². The Kier molecular flexibility index (Phi) is 3.34. The lowest BCUT2D eigenvalue weighted by molar-refractivity contribution is -0.384. The molecule has 2 rings (SSSR count). The maximum absolute atomic E-state index is 10.6. The second-order valence-electron chi connectivity index (χ2n) is 3.52. The zero-order valence-electron chi connectivity index (χ0n) is 9.21. The summed E-state index contributed by atoms with van der Waals surface area (Å²) in [4.78, 5) is 15.5. The number of hydrogen-bond donors (Lipinski definition) is 1. The van der Waals surface area contributed by atoms with Crippen LogP contribution < -0.4 is 5.32 Å². The van der Waals surface area contributed by atoms with E-state index in [0.29, 0.717) is 6.54 Å². The molecule has 6 heteroatoms. The van der Waals surface area contributed by atoms with Crippen molar-refractivity contribution < 1.29 is 4.92 Å². The molecule has 0 bridgehead atoms. The molecule has 1 aromatic heterocycles. The predicted molar refractivity (Wildman–Crippen MR) is 67.3 cm³/mol. The number of aryl methyl sites for hydroxylation is 1. The fraction of sp³-hybridized carbons (Fsp3) is 0.182. The van der Waals surface area contributed by atoms with Crippen LogP contribution in [0.3, 0.4) is 0 Å². The zero-order valence-corrected chi connectivity index (χ0v) is 10.0. The van der Waals surface area contributed by atoms with Crippen LogP contribution in [0.25, 0.3) is 0 Å². The summed E-state index contributed by atoms with van der Waals surface area (Å²) in [6, 6.07) is 6.48. The summed E-state index contributed by atoms with van der Waals surface area (Å²) >= 11 is 1.57. The van der Waals surface area contributed by atoms with Gasteiger partial charge in [-0.1, -0.05) is 6.07 Å². The largest absolute Gasteiger partial charge is 0.380 e. The van der Waals surface area contributed by atoms with E-state index in [1.54, 1.807) is 22.9 Å². The average molecular weight is 249 g/mol. The Bertz CT molecular complexity index is 539. The number of thiazole rings is 1. The molecule has 0 fully saturated rings. The third-order valence-electron chi connectivity index (χ3n) is 2.35. The lowest BCUT2D eigenvalue weighted by Gasteiger charge is -2.04. The number of anilines is 1. The first-order valence-corrected chi connectivity index (χ1v) is 5.92. The number of hydrogen-bond acceptors (Lipinski definition) is 5. The summed E-state index contributed by atoms with van der Waals surface area (Å²) in [5, 5.41) is 13.8. The van der Waals surface area contributed by atoms with Gasteiger partial charge in [0.15, 0.2) is 0 Å². The third kappa shape index (κ3) is 2.79. The van der Waals surface area contributed by atoms with E-state index in [0.717, 1.165) is 16.3 Å². The van der Waals surface area contributed by atoms with Gasteiger partial charge in [0.05, 0.1) is 22.7 Å². The first-order valence-electron chi connectivity index (χ1n) is 5.04. The Morgan fingerprint density at radius 2 is 2.35 bits per heavy atom. The molecule has 0 aliphatic rings. The second kappa shape index (κ2) is 4.92. The van der Waals surface area contributed by atoms with Crippen molar-refractivity contribution in [2.24, 2.45) is 0 Å². The molecule has 0 aliphatic carbocycles. The molecular weight excluding hydrogens is 238 g/mol. The highest BCUT2D eigenvalue weighted by molar-refractivity contribution is 7.09. The lowest BCUT2D eigenvalue weighted by atomic mass is 10.3. The Hall–Kier alpha value is -1.95. The molecule has 2 aromatic rings. The molecule has 0 saturated carbocycles. The van der Waals surface area contributed by atoms with Gasteiger partial charge >= 0.3 is 0 Å². The summed E-state index contributed by atoms with van der Waals surface area (Å²) in [5.74, 6) is 0. The van der Waals surface area contributed by atoms with E-state index >= 15 is 0 Å². The highest BCUT2D eigenvalue weighted by Crippen LogP contribution is 2.19. The number of nitro benzene ring substituents is 1. The molecule has 0 spiro atoms. The number of nitrogens with zero attached hydrogens (tertiary/aromatic N) is 2. The Labute approximate surface area is 102 Å². The van der Waals surface area contributed by atoms with Crippen molar-refractivity contribution in [3.05, 3.63) is 50.5 Å². The van der Waals surface area contributed by atoms with Crippen LogP contribution in [0, 0.1) is 17.0 Å². The van der Waals surface area contributed by atoms with E-state index in [-0.39, 0.29) is 5.69 Å². The van der Waals surface area contributed by atoms with Gasteiger partial charge in [-0.25, -0.2) is 4.98 Å². The number of nitrogens with one attached hydrogen (secondary N) is 1. The van der Waals surface area contributed by atoms with Crippen LogP contribution in [0.2, 0.25) is 0 Å². The summed E-state index contributed by atoms with van der Waals surface area (Å²) < 4.78 is 0. The molecule has 88 valence electrons. The molecule has 0 atom stereocenters. The van der Waals surface area contributed by atoms with Crippen molar-refractivity contribution >= 4 is 22.7 Å². The average Bonchev–Trinajstić information content (AvgIpc) is 2.72. The molecule has 0 aliphatic heterocycles. The van der Waals surface area contributed by atoms with Crippen molar-refractivity contribution in [2.75, 3.05) is 5.32 Å². The zero-order chi connectivity index (χ0) is 12.3. The van der Waals surface area contributed by atoms with Crippen LogP contribution in [-0.4, -0.2) is 9.91 Å². The summed E-state index contributed by atoms with van der Waals surface area (Å²) in [6.07, 6.45) is 0. The van der Waals surface area contributed by atoms with E-state index in [2.05, 4.69) is 10.3 Å². The SMILES string of the molecule is Cc1ncsc1CNc1cccc([N+](=O)[O-])c1. The number of nitro groups is 1. The van der Waals surface area contributed by atoms with Crippen molar-refractivity contribution in [3.8, 4) is 0 Å². The van der Waals surface area contributed by atoms with Gasteiger partial charge in [0.25, 0.3) is 5.69 Å². The first-order chi connectivity index (χ1) is 8.16. The maximum Gasteiger partial charge on any atom is 0.271 e. The van der Waals surface area contributed by atoms with E-state index < -0.39 is 4.92 Å². The van der Waals surface area contributed by atoms with Crippen LogP contribution in [0.5, 0.6) is 0 Å². The van der Waals surface area contributed by atoms with Gasteiger partial charge in [-0.15, -0.1) is 11.3 Å². The van der Waals surface area contributed by atoms with Crippen molar-refractivity contribution in [1.29, 1.82) is 0 Å². The number of aromatic nitrogens is 1. The van der Waals surface area contributed by atoms with Gasteiger partial charge in [0, 0.05) is 22.7 Å². The second-order valence-corrected chi connectivity index (χ2v) is 4.46. The number of benzene rings is 1. The monoisotopic (exact) mass is 249 g/mol. The molecular formula is C11H11N3O2S. The minimum Gasteiger partial charge on any atom is -0.380 e. The first kappa shape index (κ1) is 11.5. The normalized spacial score (nSPS) is 10.2. The van der Waals surface area contributed by atoms with Crippen molar-refractivity contribution in [2.45, 2.75) is 13.5 Å². The number of rotatable bonds is 4. The molecule has 0 unspecified atom stereocenters. The Morgan fingerprint density at radius 3 is 3.00 bits per heavy atom. The van der Waals surface area contributed by atoms with Crippen LogP contribution >= 0.6 is 11.3 Å². The summed E-state index contributed by atoms with van der Waals surface area (Å²) in [5.41, 5.74) is 3.62. The van der Waals surface area contributed by atoms with E-state index in [4.69, 9.17) is 0 Å². The molecule has 0 radical (unpaired) electrons.